The number of benzene rings is 1. The fraction of sp³-hybridized carbons (Fsp3) is 0.100. The van der Waals surface area contributed by atoms with Crippen LogP contribution in [0.5, 0.6) is 0 Å². The Labute approximate surface area is 156 Å². The molecule has 6 nitrogen and oxygen atoms in total. The Morgan fingerprint density at radius 3 is 2.81 bits per heavy atom. The van der Waals surface area contributed by atoms with Gasteiger partial charge in [-0.25, -0.2) is 4.39 Å². The lowest BCUT2D eigenvalue weighted by molar-refractivity contribution is -0.116. The Morgan fingerprint density at radius 1 is 1.41 bits per heavy atom. The Hall–Kier alpha value is -3.79. The lowest BCUT2D eigenvalue weighted by Gasteiger charge is -2.12. The second-order valence-corrected chi connectivity index (χ2v) is 5.43. The van der Waals surface area contributed by atoms with Crippen molar-refractivity contribution in [2.75, 3.05) is 6.54 Å². The quantitative estimate of drug-likeness (QED) is 0.448. The van der Waals surface area contributed by atoms with Crippen molar-refractivity contribution in [3.63, 3.8) is 0 Å². The second-order valence-electron chi connectivity index (χ2n) is 5.43. The van der Waals surface area contributed by atoms with Gasteiger partial charge in [0.1, 0.15) is 12.4 Å². The lowest BCUT2D eigenvalue weighted by atomic mass is 10.0. The molecule has 0 aliphatic rings. The van der Waals surface area contributed by atoms with Crippen molar-refractivity contribution in [1.82, 2.24) is 10.3 Å². The second kappa shape index (κ2) is 9.63. The molecule has 0 saturated carbocycles. The number of nitrogens with one attached hydrogen (secondary N) is 1. The molecule has 3 N–H and O–H groups in total. The van der Waals surface area contributed by atoms with Crippen molar-refractivity contribution >= 4 is 17.8 Å². The number of allylic oxidation sites excluding steroid dienone is 1. The van der Waals surface area contributed by atoms with E-state index in [9.17, 15) is 9.18 Å². The SMILES string of the molecule is C=CC(=O)NCc1cnc(-c2ccc(F)cc2)cc1C(N)=CC=NCC#N. The first-order valence-corrected chi connectivity index (χ1v) is 8.03. The molecule has 2 rings (SSSR count). The van der Waals surface area contributed by atoms with Crippen LogP contribution in [0.4, 0.5) is 4.39 Å². The summed E-state index contributed by atoms with van der Waals surface area (Å²) >= 11 is 0. The van der Waals surface area contributed by atoms with Gasteiger partial charge in [-0.1, -0.05) is 6.58 Å². The monoisotopic (exact) mass is 363 g/mol. The third-order valence-electron chi connectivity index (χ3n) is 3.60. The van der Waals surface area contributed by atoms with Gasteiger partial charge in [0.15, 0.2) is 0 Å². The summed E-state index contributed by atoms with van der Waals surface area (Å²) in [5.74, 6) is -0.655. The highest BCUT2D eigenvalue weighted by Gasteiger charge is 2.10. The minimum atomic E-state index is -0.337. The minimum Gasteiger partial charge on any atom is -0.398 e. The van der Waals surface area contributed by atoms with Gasteiger partial charge in [-0.05, 0) is 48.0 Å². The number of hydrogen-bond donors (Lipinski definition) is 2. The minimum absolute atomic E-state index is 0.0310. The van der Waals surface area contributed by atoms with Crippen molar-refractivity contribution < 1.29 is 9.18 Å². The average molecular weight is 363 g/mol. The summed E-state index contributed by atoms with van der Waals surface area (Å²) in [4.78, 5) is 19.7. The van der Waals surface area contributed by atoms with Crippen LogP contribution in [0, 0.1) is 17.1 Å². The third kappa shape index (κ3) is 5.61. The van der Waals surface area contributed by atoms with E-state index in [4.69, 9.17) is 11.0 Å². The van der Waals surface area contributed by atoms with Crippen LogP contribution in [0.2, 0.25) is 0 Å². The third-order valence-corrected chi connectivity index (χ3v) is 3.60. The van der Waals surface area contributed by atoms with Crippen molar-refractivity contribution in [2.45, 2.75) is 6.54 Å². The zero-order valence-electron chi connectivity index (χ0n) is 14.5. The van der Waals surface area contributed by atoms with Crippen LogP contribution in [0.3, 0.4) is 0 Å². The van der Waals surface area contributed by atoms with Gasteiger partial charge < -0.3 is 11.1 Å². The number of carbonyl (C=O) groups is 1. The van der Waals surface area contributed by atoms with E-state index in [1.54, 1.807) is 30.5 Å². The molecule has 0 unspecified atom stereocenters. The number of nitrogens with two attached hydrogens (primary N) is 1. The highest BCUT2D eigenvalue weighted by atomic mass is 19.1. The van der Waals surface area contributed by atoms with Crippen LogP contribution >= 0.6 is 0 Å². The first-order valence-electron chi connectivity index (χ1n) is 8.03. The van der Waals surface area contributed by atoms with Gasteiger partial charge in [-0.15, -0.1) is 0 Å². The van der Waals surface area contributed by atoms with Crippen molar-refractivity contribution in [3.05, 3.63) is 72.2 Å². The molecule has 7 heteroatoms. The van der Waals surface area contributed by atoms with E-state index in [0.29, 0.717) is 22.5 Å². The number of carbonyl (C=O) groups excluding carboxylic acids is 1. The molecule has 1 amide bonds. The first kappa shape index (κ1) is 19.5. The van der Waals surface area contributed by atoms with Crippen molar-refractivity contribution in [2.24, 2.45) is 10.7 Å². The van der Waals surface area contributed by atoms with Crippen LogP contribution in [-0.4, -0.2) is 23.7 Å². The molecule has 0 spiro atoms. The molecule has 0 saturated heterocycles. The molecule has 136 valence electrons. The van der Waals surface area contributed by atoms with Gasteiger partial charge in [0.2, 0.25) is 5.91 Å². The van der Waals surface area contributed by atoms with Gasteiger partial charge in [0, 0.05) is 35.8 Å². The van der Waals surface area contributed by atoms with Crippen molar-refractivity contribution in [3.8, 4) is 17.3 Å². The maximum Gasteiger partial charge on any atom is 0.243 e. The summed E-state index contributed by atoms with van der Waals surface area (Å²) < 4.78 is 13.2. The topological polar surface area (TPSA) is 104 Å². The van der Waals surface area contributed by atoms with Crippen LogP contribution in [-0.2, 0) is 11.3 Å². The molecule has 1 heterocycles. The normalized spacial score (nSPS) is 11.2. The number of nitrogens with zero attached hydrogens (tertiary/aromatic N) is 3. The number of aliphatic imine (C=N–C) groups is 1. The van der Waals surface area contributed by atoms with Gasteiger partial charge in [0.25, 0.3) is 0 Å². The summed E-state index contributed by atoms with van der Waals surface area (Å²) in [5.41, 5.74) is 9.22. The number of hydrogen-bond acceptors (Lipinski definition) is 5. The van der Waals surface area contributed by atoms with E-state index in [1.807, 2.05) is 6.07 Å². The molecular formula is C20H18FN5O. The Balaban J connectivity index is 2.41. The average Bonchev–Trinajstić information content (AvgIpc) is 2.69. The smallest absolute Gasteiger partial charge is 0.243 e. The number of nitriles is 1. The number of amides is 1. The molecule has 2 aromatic rings. The predicted molar refractivity (Wildman–Crippen MR) is 103 cm³/mol. The first-order chi connectivity index (χ1) is 13.0. The molecule has 0 aliphatic heterocycles. The number of rotatable bonds is 7. The van der Waals surface area contributed by atoms with Gasteiger partial charge in [-0.2, -0.15) is 5.26 Å². The fourth-order valence-electron chi connectivity index (χ4n) is 2.24. The van der Waals surface area contributed by atoms with E-state index in [2.05, 4.69) is 21.9 Å². The van der Waals surface area contributed by atoms with E-state index in [1.165, 1.54) is 24.4 Å². The summed E-state index contributed by atoms with van der Waals surface area (Å²) in [6.07, 6.45) is 5.79. The van der Waals surface area contributed by atoms with E-state index in [-0.39, 0.29) is 24.8 Å². The standard InChI is InChI=1S/C20H18FN5O/c1-2-20(27)26-13-15-12-25-19(14-3-5-16(21)6-4-14)11-17(15)18(23)7-9-24-10-8-22/h2-7,9,11-12H,1,10,13,23H2,(H,26,27). The Kier molecular flexibility index (Phi) is 6.97. The molecule has 0 fully saturated rings. The maximum absolute atomic E-state index is 13.2. The predicted octanol–water partition coefficient (Wildman–Crippen LogP) is 2.58. The molecule has 27 heavy (non-hydrogen) atoms. The molecular weight excluding hydrogens is 345 g/mol. The highest BCUT2D eigenvalue weighted by Crippen LogP contribution is 2.23. The van der Waals surface area contributed by atoms with Crippen LogP contribution in [0.15, 0.2) is 60.3 Å². The molecule has 0 aliphatic carbocycles. The number of aromatic nitrogens is 1. The molecule has 1 aromatic carbocycles. The fourth-order valence-corrected chi connectivity index (χ4v) is 2.24. The summed E-state index contributed by atoms with van der Waals surface area (Å²) in [6, 6.07) is 9.60. The maximum atomic E-state index is 13.2. The Bertz CT molecular complexity index is 926. The molecule has 1 aromatic heterocycles. The van der Waals surface area contributed by atoms with Crippen LogP contribution < -0.4 is 11.1 Å². The largest absolute Gasteiger partial charge is 0.398 e. The molecule has 0 bridgehead atoms. The number of halogens is 1. The summed E-state index contributed by atoms with van der Waals surface area (Å²) in [5, 5.41) is 11.2. The number of pyridine rings is 1. The van der Waals surface area contributed by atoms with Crippen LogP contribution in [0.25, 0.3) is 17.0 Å². The van der Waals surface area contributed by atoms with E-state index >= 15 is 0 Å². The van der Waals surface area contributed by atoms with Crippen molar-refractivity contribution in [1.29, 1.82) is 5.26 Å². The molecule has 0 radical (unpaired) electrons. The van der Waals surface area contributed by atoms with Gasteiger partial charge in [0.05, 0.1) is 11.8 Å². The zero-order valence-corrected chi connectivity index (χ0v) is 14.5. The summed E-state index contributed by atoms with van der Waals surface area (Å²) in [7, 11) is 0. The molecule has 0 atom stereocenters. The van der Waals surface area contributed by atoms with Gasteiger partial charge >= 0.3 is 0 Å². The van der Waals surface area contributed by atoms with E-state index < -0.39 is 0 Å². The van der Waals surface area contributed by atoms with Gasteiger partial charge in [-0.3, -0.25) is 14.8 Å². The van der Waals surface area contributed by atoms with E-state index in [0.717, 1.165) is 5.56 Å². The van der Waals surface area contributed by atoms with Crippen LogP contribution in [0.1, 0.15) is 11.1 Å². The zero-order chi connectivity index (χ0) is 19.6. The highest BCUT2D eigenvalue weighted by molar-refractivity contribution is 5.87. The Morgan fingerprint density at radius 2 is 2.15 bits per heavy atom. The lowest BCUT2D eigenvalue weighted by Crippen LogP contribution is -2.21. The summed E-state index contributed by atoms with van der Waals surface area (Å²) in [6.45, 7) is 3.65.